The first-order chi connectivity index (χ1) is 12.3. The summed E-state index contributed by atoms with van der Waals surface area (Å²) in [5.41, 5.74) is 1.54. The summed E-state index contributed by atoms with van der Waals surface area (Å²) >= 11 is 0. The van der Waals surface area contributed by atoms with E-state index in [1.54, 1.807) is 5.10 Å². The second kappa shape index (κ2) is 8.84. The van der Waals surface area contributed by atoms with Gasteiger partial charge in [-0.25, -0.2) is 0 Å². The number of hydrogen-bond acceptors (Lipinski definition) is 3. The molecule has 3 rings (SSSR count). The van der Waals surface area contributed by atoms with Gasteiger partial charge in [0, 0.05) is 32.4 Å². The zero-order chi connectivity index (χ0) is 19.2. The summed E-state index contributed by atoms with van der Waals surface area (Å²) in [5.74, 6) is 0.257. The third-order valence-electron chi connectivity index (χ3n) is 4.27. The Balaban J connectivity index is 0.000000228. The lowest BCUT2D eigenvalue weighted by molar-refractivity contribution is -0.141. The van der Waals surface area contributed by atoms with Crippen LogP contribution in [0, 0.1) is 6.92 Å². The fourth-order valence-corrected chi connectivity index (χ4v) is 2.55. The number of aryl methyl sites for hydroxylation is 1. The van der Waals surface area contributed by atoms with Crippen molar-refractivity contribution in [1.82, 2.24) is 20.0 Å². The van der Waals surface area contributed by atoms with Gasteiger partial charge in [-0.15, -0.1) is 0 Å². The van der Waals surface area contributed by atoms with E-state index >= 15 is 0 Å². The number of hydrogen-bond donors (Lipinski definition) is 1. The largest absolute Gasteiger partial charge is 0.432 e. The molecule has 8 heteroatoms. The lowest BCUT2D eigenvalue weighted by Crippen LogP contribution is -2.47. The van der Waals surface area contributed by atoms with Gasteiger partial charge in [-0.2, -0.15) is 18.3 Å². The number of nitrogens with zero attached hydrogens (tertiary/aromatic N) is 3. The average molecular weight is 368 g/mol. The van der Waals surface area contributed by atoms with Crippen LogP contribution in [0.4, 0.5) is 13.2 Å². The van der Waals surface area contributed by atoms with Gasteiger partial charge in [0.2, 0.25) is 5.91 Å². The van der Waals surface area contributed by atoms with Crippen molar-refractivity contribution in [3.05, 3.63) is 53.3 Å². The molecule has 5 nitrogen and oxygen atoms in total. The van der Waals surface area contributed by atoms with E-state index in [0.717, 1.165) is 44.0 Å². The topological polar surface area (TPSA) is 52.2 Å². The molecule has 1 amide bonds. The van der Waals surface area contributed by atoms with Crippen LogP contribution in [0.1, 0.15) is 16.8 Å². The number of carbonyl (C=O) groups is 1. The first-order valence-corrected chi connectivity index (χ1v) is 8.35. The SMILES string of the molecule is Cc1ccccc1CC(=O)N1CCN(C)CC1.FC(F)(F)c1ccn[nH]1. The van der Waals surface area contributed by atoms with Crippen LogP contribution in [0.3, 0.4) is 0 Å². The molecule has 0 saturated carbocycles. The van der Waals surface area contributed by atoms with Crippen LogP contribution in [0.2, 0.25) is 0 Å². The van der Waals surface area contributed by atoms with Crippen LogP contribution in [-0.2, 0) is 17.4 Å². The van der Waals surface area contributed by atoms with Crippen molar-refractivity contribution in [2.75, 3.05) is 33.2 Å². The van der Waals surface area contributed by atoms with Crippen LogP contribution < -0.4 is 0 Å². The van der Waals surface area contributed by atoms with E-state index in [9.17, 15) is 18.0 Å². The molecule has 1 aromatic carbocycles. The molecule has 0 atom stereocenters. The monoisotopic (exact) mass is 368 g/mol. The summed E-state index contributed by atoms with van der Waals surface area (Å²) in [6.45, 7) is 5.76. The van der Waals surface area contributed by atoms with Gasteiger partial charge in [0.05, 0.1) is 6.42 Å². The molecule has 0 unspecified atom stereocenters. The predicted molar refractivity (Wildman–Crippen MR) is 92.5 cm³/mol. The maximum absolute atomic E-state index is 12.1. The highest BCUT2D eigenvalue weighted by Gasteiger charge is 2.31. The van der Waals surface area contributed by atoms with E-state index in [4.69, 9.17) is 0 Å². The molecule has 1 aliphatic heterocycles. The Morgan fingerprint density at radius 2 is 1.81 bits per heavy atom. The molecule has 1 aromatic heterocycles. The van der Waals surface area contributed by atoms with Gasteiger partial charge in [-0.05, 0) is 31.2 Å². The van der Waals surface area contributed by atoms with E-state index in [0.29, 0.717) is 6.42 Å². The van der Waals surface area contributed by atoms with Gasteiger partial charge >= 0.3 is 6.18 Å². The highest BCUT2D eigenvalue weighted by atomic mass is 19.4. The minimum Gasteiger partial charge on any atom is -0.340 e. The lowest BCUT2D eigenvalue weighted by atomic mass is 10.1. The molecule has 0 aliphatic carbocycles. The molecule has 1 fully saturated rings. The van der Waals surface area contributed by atoms with Crippen molar-refractivity contribution in [1.29, 1.82) is 0 Å². The second-order valence-corrected chi connectivity index (χ2v) is 6.26. The number of aromatic amines is 1. The van der Waals surface area contributed by atoms with Gasteiger partial charge in [0.1, 0.15) is 5.69 Å². The zero-order valence-corrected chi connectivity index (χ0v) is 14.9. The van der Waals surface area contributed by atoms with Gasteiger partial charge in [-0.3, -0.25) is 9.89 Å². The highest BCUT2D eigenvalue weighted by molar-refractivity contribution is 5.79. The molecule has 26 heavy (non-hydrogen) atoms. The Kier molecular flexibility index (Phi) is 6.79. The standard InChI is InChI=1S/C14H20N2O.C4H3F3N2/c1-12-5-3-4-6-13(12)11-14(17)16-9-7-15(2)8-10-16;5-4(6,7)3-1-2-8-9-3/h3-6H,7-11H2,1-2H3;1-2H,(H,8,9). The number of amides is 1. The molecule has 0 radical (unpaired) electrons. The Hall–Kier alpha value is -2.35. The maximum Gasteiger partial charge on any atom is 0.432 e. The number of halogens is 3. The molecular formula is C18H23F3N4O. The number of H-pyrrole nitrogens is 1. The molecule has 1 saturated heterocycles. The van der Waals surface area contributed by atoms with Gasteiger partial charge < -0.3 is 9.80 Å². The van der Waals surface area contributed by atoms with Crippen LogP contribution >= 0.6 is 0 Å². The molecule has 2 aromatic rings. The third kappa shape index (κ3) is 5.87. The van der Waals surface area contributed by atoms with Crippen LogP contribution in [-0.4, -0.2) is 59.1 Å². The summed E-state index contributed by atoms with van der Waals surface area (Å²) in [5, 5.41) is 4.95. The second-order valence-electron chi connectivity index (χ2n) is 6.26. The Morgan fingerprint density at radius 3 is 2.31 bits per heavy atom. The number of likely N-dealkylation sites (N-methyl/N-ethyl adjacent to an activating group) is 1. The molecule has 1 N–H and O–H groups in total. The third-order valence-corrected chi connectivity index (χ3v) is 4.27. The summed E-state index contributed by atoms with van der Waals surface area (Å²) in [6.07, 6.45) is -2.70. The van der Waals surface area contributed by atoms with Crippen molar-refractivity contribution < 1.29 is 18.0 Å². The first kappa shape index (κ1) is 20.0. The Bertz CT molecular complexity index is 693. The lowest BCUT2D eigenvalue weighted by Gasteiger charge is -2.32. The number of nitrogens with one attached hydrogen (secondary N) is 1. The number of benzene rings is 1. The summed E-state index contributed by atoms with van der Waals surface area (Å²) in [6, 6.07) is 8.99. The molecule has 0 bridgehead atoms. The van der Waals surface area contributed by atoms with Crippen molar-refractivity contribution >= 4 is 5.91 Å². The smallest absolute Gasteiger partial charge is 0.340 e. The van der Waals surface area contributed by atoms with E-state index in [1.165, 1.54) is 5.56 Å². The van der Waals surface area contributed by atoms with Crippen molar-refractivity contribution in [3.63, 3.8) is 0 Å². The van der Waals surface area contributed by atoms with E-state index in [1.807, 2.05) is 23.1 Å². The molecule has 0 spiro atoms. The van der Waals surface area contributed by atoms with E-state index in [-0.39, 0.29) is 5.91 Å². The number of piperazine rings is 1. The zero-order valence-electron chi connectivity index (χ0n) is 14.9. The summed E-state index contributed by atoms with van der Waals surface area (Å²) < 4.78 is 34.6. The molecule has 2 heterocycles. The van der Waals surface area contributed by atoms with Gasteiger partial charge in [0.15, 0.2) is 0 Å². The molecular weight excluding hydrogens is 345 g/mol. The Labute approximate surface area is 150 Å². The minimum atomic E-state index is -4.30. The number of aromatic nitrogens is 2. The van der Waals surface area contributed by atoms with Gasteiger partial charge in [-0.1, -0.05) is 24.3 Å². The average Bonchev–Trinajstić information content (AvgIpc) is 3.13. The predicted octanol–water partition coefficient (Wildman–Crippen LogP) is 2.74. The quantitative estimate of drug-likeness (QED) is 0.887. The fraction of sp³-hybridized carbons (Fsp3) is 0.444. The normalized spacial score (nSPS) is 15.3. The summed E-state index contributed by atoms with van der Waals surface area (Å²) in [7, 11) is 2.10. The number of carbonyl (C=O) groups excluding carboxylic acids is 1. The fourth-order valence-electron chi connectivity index (χ4n) is 2.55. The first-order valence-electron chi connectivity index (χ1n) is 8.35. The van der Waals surface area contributed by atoms with Crippen molar-refractivity contribution in [3.8, 4) is 0 Å². The van der Waals surface area contributed by atoms with Crippen LogP contribution in [0.15, 0.2) is 36.5 Å². The van der Waals surface area contributed by atoms with Crippen molar-refractivity contribution in [2.45, 2.75) is 19.5 Å². The van der Waals surface area contributed by atoms with Gasteiger partial charge in [0.25, 0.3) is 0 Å². The molecule has 142 valence electrons. The number of rotatable bonds is 2. The van der Waals surface area contributed by atoms with Crippen molar-refractivity contribution in [2.24, 2.45) is 0 Å². The maximum atomic E-state index is 12.1. The minimum absolute atomic E-state index is 0.257. The molecule has 1 aliphatic rings. The van der Waals surface area contributed by atoms with E-state index in [2.05, 4.69) is 30.0 Å². The van der Waals surface area contributed by atoms with Crippen LogP contribution in [0.25, 0.3) is 0 Å². The van der Waals surface area contributed by atoms with E-state index < -0.39 is 11.9 Å². The van der Waals surface area contributed by atoms with Crippen LogP contribution in [0.5, 0.6) is 0 Å². The number of alkyl halides is 3. The summed E-state index contributed by atoms with van der Waals surface area (Å²) in [4.78, 5) is 16.4. The Morgan fingerprint density at radius 1 is 1.15 bits per heavy atom. The highest BCUT2D eigenvalue weighted by Crippen LogP contribution is 2.26.